The predicted octanol–water partition coefficient (Wildman–Crippen LogP) is 4.31. The number of nitrogens with zero attached hydrogens (tertiary/aromatic N) is 2. The Hall–Kier alpha value is -2.10. The molecule has 0 saturated carbocycles. The first-order valence-electron chi connectivity index (χ1n) is 9.32. The van der Waals surface area contributed by atoms with Gasteiger partial charge < -0.3 is 19.5 Å². The van der Waals surface area contributed by atoms with Crippen molar-refractivity contribution in [2.24, 2.45) is 5.92 Å². The zero-order chi connectivity index (χ0) is 20.3. The van der Waals surface area contributed by atoms with Crippen molar-refractivity contribution in [3.63, 3.8) is 0 Å². The number of hydrogen-bond acceptors (Lipinski definition) is 4. The van der Waals surface area contributed by atoms with Gasteiger partial charge in [-0.05, 0) is 45.6 Å². The highest BCUT2D eigenvalue weighted by Gasteiger charge is 2.26. The molecule has 0 spiro atoms. The molecule has 0 aliphatic carbocycles. The Labute approximate surface area is 162 Å². The monoisotopic (exact) mass is 376 g/mol. The number of ether oxygens (including phenoxy) is 2. The average Bonchev–Trinajstić information content (AvgIpc) is 2.62. The van der Waals surface area contributed by atoms with Crippen molar-refractivity contribution in [3.8, 4) is 6.07 Å². The van der Waals surface area contributed by atoms with Gasteiger partial charge in [-0.25, -0.2) is 4.79 Å². The van der Waals surface area contributed by atoms with E-state index in [1.54, 1.807) is 7.11 Å². The SMILES string of the molecule is CO[C@@H](CCC(C#N)CCN(C(=O)O)C(C)(C)C)COCc1ccccc1. The van der Waals surface area contributed by atoms with Gasteiger partial charge >= 0.3 is 6.09 Å². The molecule has 1 rings (SSSR count). The first-order chi connectivity index (χ1) is 12.8. The Kier molecular flexibility index (Phi) is 9.84. The molecule has 1 unspecified atom stereocenters. The zero-order valence-electron chi connectivity index (χ0n) is 16.9. The molecule has 0 aliphatic heterocycles. The number of carbonyl (C=O) groups is 1. The van der Waals surface area contributed by atoms with Gasteiger partial charge in [0.05, 0.1) is 25.4 Å². The minimum absolute atomic E-state index is 0.0808. The van der Waals surface area contributed by atoms with Crippen LogP contribution < -0.4 is 0 Å². The third-order valence-electron chi connectivity index (χ3n) is 4.51. The highest BCUT2D eigenvalue weighted by Crippen LogP contribution is 2.19. The number of carboxylic acid groups (broad SMARTS) is 1. The topological polar surface area (TPSA) is 82.8 Å². The summed E-state index contributed by atoms with van der Waals surface area (Å²) in [6.07, 6.45) is 0.834. The number of nitriles is 1. The molecule has 1 N–H and O–H groups in total. The number of benzene rings is 1. The summed E-state index contributed by atoms with van der Waals surface area (Å²) in [6.45, 7) is 6.90. The van der Waals surface area contributed by atoms with E-state index in [9.17, 15) is 15.2 Å². The lowest BCUT2D eigenvalue weighted by Gasteiger charge is -2.33. The van der Waals surface area contributed by atoms with Crippen LogP contribution in [0.15, 0.2) is 30.3 Å². The Morgan fingerprint density at radius 1 is 1.22 bits per heavy atom. The van der Waals surface area contributed by atoms with E-state index in [1.807, 2.05) is 51.1 Å². The van der Waals surface area contributed by atoms with Gasteiger partial charge in [0.1, 0.15) is 0 Å². The first kappa shape index (κ1) is 22.9. The Morgan fingerprint density at radius 2 is 1.89 bits per heavy atom. The quantitative estimate of drug-likeness (QED) is 0.622. The largest absolute Gasteiger partial charge is 0.465 e. The van der Waals surface area contributed by atoms with E-state index < -0.39 is 11.6 Å². The maximum Gasteiger partial charge on any atom is 0.407 e. The van der Waals surface area contributed by atoms with Crippen molar-refractivity contribution in [2.45, 2.75) is 58.3 Å². The molecular formula is C21H32N2O4. The number of hydrogen-bond donors (Lipinski definition) is 1. The molecule has 1 amide bonds. The van der Waals surface area contributed by atoms with Gasteiger partial charge in [0.25, 0.3) is 0 Å². The van der Waals surface area contributed by atoms with E-state index in [0.29, 0.717) is 39.0 Å². The summed E-state index contributed by atoms with van der Waals surface area (Å²) in [5.41, 5.74) is 0.629. The van der Waals surface area contributed by atoms with Crippen molar-refractivity contribution in [1.82, 2.24) is 4.90 Å². The highest BCUT2D eigenvalue weighted by atomic mass is 16.5. The van der Waals surface area contributed by atoms with Crippen LogP contribution in [0, 0.1) is 17.2 Å². The van der Waals surface area contributed by atoms with Crippen LogP contribution in [0.2, 0.25) is 0 Å². The van der Waals surface area contributed by atoms with Crippen LogP contribution in [-0.2, 0) is 16.1 Å². The second-order valence-electron chi connectivity index (χ2n) is 7.66. The summed E-state index contributed by atoms with van der Waals surface area (Å²) in [5.74, 6) is -0.207. The standard InChI is InChI=1S/C21H32N2O4/c1-21(2,3)23(20(24)25)13-12-17(14-22)10-11-19(26-4)16-27-15-18-8-6-5-7-9-18/h5-9,17,19H,10-13,15-16H2,1-4H3,(H,24,25)/t17?,19-/m0/s1. The molecule has 0 aromatic heterocycles. The Balaban J connectivity index is 2.40. The molecule has 0 heterocycles. The fourth-order valence-electron chi connectivity index (χ4n) is 2.82. The molecule has 6 nitrogen and oxygen atoms in total. The van der Waals surface area contributed by atoms with E-state index >= 15 is 0 Å². The molecule has 0 saturated heterocycles. The van der Waals surface area contributed by atoms with Crippen molar-refractivity contribution in [3.05, 3.63) is 35.9 Å². The summed E-state index contributed by atoms with van der Waals surface area (Å²) in [5, 5.41) is 18.8. The Morgan fingerprint density at radius 3 is 2.41 bits per heavy atom. The molecule has 0 aliphatic rings. The van der Waals surface area contributed by atoms with Crippen LogP contribution in [0.25, 0.3) is 0 Å². The van der Waals surface area contributed by atoms with Gasteiger partial charge in [0, 0.05) is 25.1 Å². The van der Waals surface area contributed by atoms with Crippen LogP contribution in [-0.4, -0.2) is 48.0 Å². The minimum Gasteiger partial charge on any atom is -0.465 e. The summed E-state index contributed by atoms with van der Waals surface area (Å²) in [4.78, 5) is 12.8. The molecule has 1 aromatic rings. The van der Waals surface area contributed by atoms with Gasteiger partial charge in [-0.15, -0.1) is 0 Å². The Bertz CT molecular complexity index is 592. The van der Waals surface area contributed by atoms with Gasteiger partial charge in [-0.3, -0.25) is 0 Å². The van der Waals surface area contributed by atoms with E-state index in [4.69, 9.17) is 9.47 Å². The summed E-state index contributed by atoms with van der Waals surface area (Å²) in [6, 6.07) is 12.2. The third kappa shape index (κ3) is 8.89. The number of rotatable bonds is 11. The van der Waals surface area contributed by atoms with Gasteiger partial charge in [-0.1, -0.05) is 30.3 Å². The van der Waals surface area contributed by atoms with Crippen LogP contribution >= 0.6 is 0 Å². The molecule has 150 valence electrons. The van der Waals surface area contributed by atoms with Crippen molar-refractivity contribution in [1.29, 1.82) is 5.26 Å². The van der Waals surface area contributed by atoms with Crippen LogP contribution in [0.3, 0.4) is 0 Å². The molecule has 1 aromatic carbocycles. The molecule has 2 atom stereocenters. The van der Waals surface area contributed by atoms with Crippen molar-refractivity contribution in [2.75, 3.05) is 20.3 Å². The van der Waals surface area contributed by atoms with Gasteiger partial charge in [0.15, 0.2) is 0 Å². The van der Waals surface area contributed by atoms with Gasteiger partial charge in [-0.2, -0.15) is 5.26 Å². The van der Waals surface area contributed by atoms with E-state index in [1.165, 1.54) is 4.90 Å². The molecule has 0 fully saturated rings. The lowest BCUT2D eigenvalue weighted by atomic mass is 9.97. The van der Waals surface area contributed by atoms with Crippen molar-refractivity contribution < 1.29 is 19.4 Å². The molecule has 27 heavy (non-hydrogen) atoms. The second-order valence-corrected chi connectivity index (χ2v) is 7.66. The van der Waals surface area contributed by atoms with E-state index in [0.717, 1.165) is 5.56 Å². The zero-order valence-corrected chi connectivity index (χ0v) is 16.9. The predicted molar refractivity (Wildman–Crippen MR) is 104 cm³/mol. The van der Waals surface area contributed by atoms with Crippen LogP contribution in [0.1, 0.15) is 45.6 Å². The van der Waals surface area contributed by atoms with E-state index in [-0.39, 0.29) is 12.0 Å². The van der Waals surface area contributed by atoms with Crippen LogP contribution in [0.5, 0.6) is 0 Å². The second kappa shape index (κ2) is 11.6. The summed E-state index contributed by atoms with van der Waals surface area (Å²) < 4.78 is 11.2. The molecule has 0 bridgehead atoms. The number of methoxy groups -OCH3 is 1. The molecule has 0 radical (unpaired) electrons. The van der Waals surface area contributed by atoms with Gasteiger partial charge in [0.2, 0.25) is 0 Å². The molecular weight excluding hydrogens is 344 g/mol. The van der Waals surface area contributed by atoms with E-state index in [2.05, 4.69) is 6.07 Å². The lowest BCUT2D eigenvalue weighted by molar-refractivity contribution is -0.00421. The number of amides is 1. The fraction of sp³-hybridized carbons (Fsp3) is 0.619. The summed E-state index contributed by atoms with van der Waals surface area (Å²) >= 11 is 0. The summed E-state index contributed by atoms with van der Waals surface area (Å²) in [7, 11) is 1.64. The lowest BCUT2D eigenvalue weighted by Crippen LogP contribution is -2.45. The minimum atomic E-state index is -0.955. The van der Waals surface area contributed by atoms with Crippen molar-refractivity contribution >= 4 is 6.09 Å². The fourth-order valence-corrected chi connectivity index (χ4v) is 2.82. The highest BCUT2D eigenvalue weighted by molar-refractivity contribution is 5.65. The maximum atomic E-state index is 11.4. The third-order valence-corrected chi connectivity index (χ3v) is 4.51. The average molecular weight is 376 g/mol. The smallest absolute Gasteiger partial charge is 0.407 e. The van der Waals surface area contributed by atoms with Crippen LogP contribution in [0.4, 0.5) is 4.79 Å². The molecule has 6 heteroatoms. The normalized spacial score (nSPS) is 13.6. The maximum absolute atomic E-state index is 11.4. The first-order valence-corrected chi connectivity index (χ1v) is 9.32.